The van der Waals surface area contributed by atoms with E-state index in [4.69, 9.17) is 23.2 Å². The number of rotatable bonds is 3. The summed E-state index contributed by atoms with van der Waals surface area (Å²) in [4.78, 5) is 30.6. The number of benzene rings is 2. The lowest BCUT2D eigenvalue weighted by Gasteiger charge is -2.18. The molecule has 0 atom stereocenters. The van der Waals surface area contributed by atoms with Crippen molar-refractivity contribution in [2.45, 2.75) is 6.92 Å². The number of carbonyl (C=O) groups excluding carboxylic acids is 2. The van der Waals surface area contributed by atoms with Gasteiger partial charge in [0.15, 0.2) is 5.13 Å². The predicted octanol–water partition coefficient (Wildman–Crippen LogP) is 5.63. The number of carbonyl (C=O) groups is 2. The molecule has 5 nitrogen and oxygen atoms in total. The van der Waals surface area contributed by atoms with Gasteiger partial charge in [-0.3, -0.25) is 14.5 Å². The zero-order valence-corrected chi connectivity index (χ0v) is 16.9. The molecule has 28 heavy (non-hydrogen) atoms. The van der Waals surface area contributed by atoms with E-state index in [1.807, 2.05) is 0 Å². The van der Waals surface area contributed by atoms with Crippen molar-refractivity contribution < 1.29 is 9.59 Å². The number of nitrogens with one attached hydrogen (secondary N) is 1. The van der Waals surface area contributed by atoms with E-state index in [1.54, 1.807) is 53.9 Å². The molecule has 140 valence electrons. The minimum Gasteiger partial charge on any atom is -0.321 e. The molecule has 2 aromatic carbocycles. The number of hydrogen-bond donors (Lipinski definition) is 1. The lowest BCUT2D eigenvalue weighted by Crippen LogP contribution is -2.22. The van der Waals surface area contributed by atoms with Crippen molar-refractivity contribution in [3.8, 4) is 0 Å². The van der Waals surface area contributed by atoms with Crippen molar-refractivity contribution in [1.82, 2.24) is 4.98 Å². The third-order valence-electron chi connectivity index (χ3n) is 4.14. The molecule has 4 rings (SSSR count). The third kappa shape index (κ3) is 3.54. The lowest BCUT2D eigenvalue weighted by molar-refractivity contribution is -0.116. The Morgan fingerprint density at radius 3 is 2.71 bits per heavy atom. The number of thiazole rings is 1. The van der Waals surface area contributed by atoms with Gasteiger partial charge in [-0.05, 0) is 36.4 Å². The molecule has 2 heterocycles. The molecule has 0 fully saturated rings. The van der Waals surface area contributed by atoms with Crippen LogP contribution in [-0.4, -0.2) is 16.8 Å². The second-order valence-electron chi connectivity index (χ2n) is 6.09. The van der Waals surface area contributed by atoms with Crippen LogP contribution in [0.1, 0.15) is 18.2 Å². The summed E-state index contributed by atoms with van der Waals surface area (Å²) in [7, 11) is 0. The normalized spacial score (nSPS) is 14.1. The third-order valence-corrected chi connectivity index (χ3v) is 5.45. The van der Waals surface area contributed by atoms with Crippen LogP contribution >= 0.6 is 34.5 Å². The summed E-state index contributed by atoms with van der Waals surface area (Å²) in [6.07, 6.45) is 1.70. The molecule has 8 heteroatoms. The van der Waals surface area contributed by atoms with Crippen molar-refractivity contribution in [3.05, 3.63) is 69.1 Å². The van der Waals surface area contributed by atoms with Crippen LogP contribution in [-0.2, 0) is 9.59 Å². The Kier molecular flexibility index (Phi) is 4.93. The Morgan fingerprint density at radius 2 is 1.96 bits per heavy atom. The van der Waals surface area contributed by atoms with E-state index >= 15 is 0 Å². The van der Waals surface area contributed by atoms with Crippen molar-refractivity contribution >= 4 is 74.5 Å². The summed E-state index contributed by atoms with van der Waals surface area (Å²) in [6, 6.07) is 12.2. The molecule has 0 radical (unpaired) electrons. The van der Waals surface area contributed by atoms with Gasteiger partial charge in [0.1, 0.15) is 0 Å². The molecule has 1 aliphatic rings. The molecular weight excluding hydrogens is 417 g/mol. The van der Waals surface area contributed by atoms with Gasteiger partial charge < -0.3 is 5.32 Å². The van der Waals surface area contributed by atoms with Gasteiger partial charge in [0.25, 0.3) is 5.91 Å². The monoisotopic (exact) mass is 429 g/mol. The minimum absolute atomic E-state index is 0.186. The second kappa shape index (κ2) is 7.39. The highest BCUT2D eigenvalue weighted by atomic mass is 35.5. The van der Waals surface area contributed by atoms with Crippen LogP contribution in [0.5, 0.6) is 0 Å². The van der Waals surface area contributed by atoms with Crippen molar-refractivity contribution in [2.24, 2.45) is 0 Å². The molecule has 0 bridgehead atoms. The van der Waals surface area contributed by atoms with Crippen LogP contribution in [0, 0.1) is 0 Å². The smallest absolute Gasteiger partial charge is 0.256 e. The summed E-state index contributed by atoms with van der Waals surface area (Å²) in [5.74, 6) is -0.403. The molecule has 2 amide bonds. The summed E-state index contributed by atoms with van der Waals surface area (Å²) < 4.78 is 0. The van der Waals surface area contributed by atoms with Crippen LogP contribution < -0.4 is 10.2 Å². The van der Waals surface area contributed by atoms with Crippen LogP contribution in [0.15, 0.2) is 47.8 Å². The molecule has 0 spiro atoms. The maximum atomic E-state index is 12.3. The average molecular weight is 430 g/mol. The van der Waals surface area contributed by atoms with Crippen molar-refractivity contribution in [1.29, 1.82) is 0 Å². The van der Waals surface area contributed by atoms with Crippen molar-refractivity contribution in [2.75, 3.05) is 10.2 Å². The molecule has 0 aliphatic carbocycles. The lowest BCUT2D eigenvalue weighted by atomic mass is 10.1. The number of hydrogen-bond acceptors (Lipinski definition) is 4. The molecular formula is C20H13Cl2N3O2S. The Labute approximate surface area is 175 Å². The molecule has 1 N–H and O–H groups in total. The Morgan fingerprint density at radius 1 is 1.18 bits per heavy atom. The molecule has 1 aromatic heterocycles. The number of aromatic nitrogens is 1. The Balaban J connectivity index is 1.71. The van der Waals surface area contributed by atoms with Gasteiger partial charge in [-0.25, -0.2) is 4.98 Å². The first-order valence-corrected chi connectivity index (χ1v) is 9.91. The summed E-state index contributed by atoms with van der Waals surface area (Å²) in [5, 5.41) is 6.16. The van der Waals surface area contributed by atoms with Crippen LogP contribution in [0.2, 0.25) is 10.0 Å². The van der Waals surface area contributed by atoms with Gasteiger partial charge in [-0.15, -0.1) is 11.3 Å². The SMILES string of the molecule is CC(=O)N(c1cccc(Cl)c1)c1nc(C=C2C(=O)Nc3cc(Cl)ccc32)cs1. The topological polar surface area (TPSA) is 62.3 Å². The quantitative estimate of drug-likeness (QED) is 0.548. The highest BCUT2D eigenvalue weighted by Crippen LogP contribution is 2.36. The van der Waals surface area contributed by atoms with Gasteiger partial charge in [0.2, 0.25) is 5.91 Å². The largest absolute Gasteiger partial charge is 0.321 e. The van der Waals surface area contributed by atoms with E-state index < -0.39 is 0 Å². The molecule has 3 aromatic rings. The van der Waals surface area contributed by atoms with Crippen LogP contribution in [0.25, 0.3) is 11.6 Å². The predicted molar refractivity (Wildman–Crippen MR) is 114 cm³/mol. The van der Waals surface area contributed by atoms with Gasteiger partial charge >= 0.3 is 0 Å². The van der Waals surface area contributed by atoms with Gasteiger partial charge in [0.05, 0.1) is 22.6 Å². The maximum absolute atomic E-state index is 12.3. The molecule has 0 unspecified atom stereocenters. The van der Waals surface area contributed by atoms with E-state index in [1.165, 1.54) is 23.2 Å². The number of fused-ring (bicyclic) bond motifs is 1. The van der Waals surface area contributed by atoms with Crippen LogP contribution in [0.4, 0.5) is 16.5 Å². The number of anilines is 3. The van der Waals surface area contributed by atoms with Crippen molar-refractivity contribution in [3.63, 3.8) is 0 Å². The first kappa shape index (κ1) is 18.7. The second-order valence-corrected chi connectivity index (χ2v) is 7.80. The van der Waals surface area contributed by atoms with E-state index in [9.17, 15) is 9.59 Å². The highest BCUT2D eigenvalue weighted by Gasteiger charge is 2.25. The van der Waals surface area contributed by atoms with Gasteiger partial charge in [-0.2, -0.15) is 0 Å². The maximum Gasteiger partial charge on any atom is 0.256 e. The number of nitrogens with zero attached hydrogens (tertiary/aromatic N) is 2. The number of amides is 2. The van der Waals surface area contributed by atoms with E-state index in [-0.39, 0.29) is 11.8 Å². The Hall–Kier alpha value is -2.67. The minimum atomic E-state index is -0.218. The zero-order chi connectivity index (χ0) is 19.8. The molecule has 1 aliphatic heterocycles. The standard InChI is InChI=1S/C20H13Cl2N3O2S/c1-11(26)25(15-4-2-3-12(21)7-15)20-23-14(10-28-20)9-17-16-6-5-13(22)8-18(16)24-19(17)27/h2-10H,1H3,(H,24,27). The number of halogens is 2. The average Bonchev–Trinajstić information content (AvgIpc) is 3.20. The summed E-state index contributed by atoms with van der Waals surface area (Å²) >= 11 is 13.4. The first-order valence-electron chi connectivity index (χ1n) is 8.27. The van der Waals surface area contributed by atoms with Crippen LogP contribution in [0.3, 0.4) is 0 Å². The van der Waals surface area contributed by atoms with E-state index in [0.717, 1.165) is 5.56 Å². The summed E-state index contributed by atoms with van der Waals surface area (Å²) in [6.45, 7) is 1.46. The van der Waals surface area contributed by atoms with Gasteiger partial charge in [-0.1, -0.05) is 35.3 Å². The fourth-order valence-corrected chi connectivity index (χ4v) is 4.15. The fraction of sp³-hybridized carbons (Fsp3) is 0.0500. The molecule has 0 saturated carbocycles. The molecule has 0 saturated heterocycles. The highest BCUT2D eigenvalue weighted by molar-refractivity contribution is 7.14. The van der Waals surface area contributed by atoms with Gasteiger partial charge in [0, 0.05) is 27.9 Å². The first-order chi connectivity index (χ1) is 13.4. The zero-order valence-electron chi connectivity index (χ0n) is 14.6. The summed E-state index contributed by atoms with van der Waals surface area (Å²) in [5.41, 5.74) is 3.15. The van der Waals surface area contributed by atoms with E-state index in [0.29, 0.717) is 37.8 Å². The van der Waals surface area contributed by atoms with E-state index in [2.05, 4.69) is 10.3 Å². The Bertz CT molecular complexity index is 1140. The fourth-order valence-electron chi connectivity index (χ4n) is 2.95.